The number of carbonyl (C=O) groups is 3. The van der Waals surface area contributed by atoms with Crippen LogP contribution in [0, 0.1) is 5.92 Å². The van der Waals surface area contributed by atoms with Gasteiger partial charge in [-0.15, -0.1) is 0 Å². The first-order chi connectivity index (χ1) is 8.52. The van der Waals surface area contributed by atoms with E-state index in [0.29, 0.717) is 32.4 Å². The normalized spacial score (nSPS) is 20.1. The van der Waals surface area contributed by atoms with Crippen molar-refractivity contribution < 1.29 is 24.2 Å². The smallest absolute Gasteiger partial charge is 0.322 e. The summed E-state index contributed by atoms with van der Waals surface area (Å²) in [6.07, 6.45) is 1.68. The molecule has 1 aliphatic carbocycles. The van der Waals surface area contributed by atoms with Crippen molar-refractivity contribution in [3.63, 3.8) is 0 Å². The third-order valence-electron chi connectivity index (χ3n) is 2.76. The number of nitrogens with two attached hydrogens (primary N) is 1. The quantitative estimate of drug-likeness (QED) is 0.375. The first-order valence-electron chi connectivity index (χ1n) is 5.89. The highest BCUT2D eigenvalue weighted by atomic mass is 16.5. The van der Waals surface area contributed by atoms with Crippen molar-refractivity contribution >= 4 is 17.7 Å². The molecule has 0 aromatic rings. The van der Waals surface area contributed by atoms with Crippen LogP contribution in [0.5, 0.6) is 0 Å². The van der Waals surface area contributed by atoms with Gasteiger partial charge < -0.3 is 20.9 Å². The van der Waals surface area contributed by atoms with Crippen molar-refractivity contribution in [1.82, 2.24) is 5.32 Å². The molecule has 7 heteroatoms. The number of ether oxygens (including phenoxy) is 1. The lowest BCUT2D eigenvalue weighted by molar-refractivity contribution is -0.140. The number of rotatable bonds is 8. The zero-order valence-corrected chi connectivity index (χ0v) is 10.1. The molecule has 1 fully saturated rings. The van der Waals surface area contributed by atoms with Crippen LogP contribution in [0.15, 0.2) is 0 Å². The molecule has 0 aromatic carbocycles. The van der Waals surface area contributed by atoms with Crippen molar-refractivity contribution in [1.29, 1.82) is 0 Å². The SMILES string of the molecule is NC(COCCCNC(=O)C1CCC1=O)C(=O)O. The summed E-state index contributed by atoms with van der Waals surface area (Å²) < 4.78 is 5.04. The Morgan fingerprint density at radius 3 is 2.78 bits per heavy atom. The molecule has 1 aliphatic rings. The molecule has 1 rings (SSSR count). The van der Waals surface area contributed by atoms with E-state index < -0.39 is 17.9 Å². The predicted octanol–water partition coefficient (Wildman–Crippen LogP) is -1.10. The molecular weight excluding hydrogens is 240 g/mol. The number of carboxylic acid groups (broad SMARTS) is 1. The van der Waals surface area contributed by atoms with Crippen LogP contribution in [0.2, 0.25) is 0 Å². The number of Topliss-reactive ketones (excluding diaryl/α,β-unsaturated/α-hetero) is 1. The molecule has 0 saturated heterocycles. The van der Waals surface area contributed by atoms with Gasteiger partial charge in [-0.25, -0.2) is 0 Å². The molecule has 1 saturated carbocycles. The topological polar surface area (TPSA) is 119 Å². The van der Waals surface area contributed by atoms with E-state index in [1.807, 2.05) is 0 Å². The maximum absolute atomic E-state index is 11.4. The number of aliphatic carboxylic acids is 1. The molecule has 18 heavy (non-hydrogen) atoms. The molecule has 2 atom stereocenters. The van der Waals surface area contributed by atoms with Gasteiger partial charge in [0.25, 0.3) is 0 Å². The van der Waals surface area contributed by atoms with Gasteiger partial charge in [0.05, 0.1) is 12.5 Å². The van der Waals surface area contributed by atoms with Gasteiger partial charge in [0.2, 0.25) is 5.91 Å². The van der Waals surface area contributed by atoms with Crippen LogP contribution in [0.3, 0.4) is 0 Å². The maximum atomic E-state index is 11.4. The summed E-state index contributed by atoms with van der Waals surface area (Å²) in [6, 6.07) is -1.02. The molecule has 0 radical (unpaired) electrons. The average Bonchev–Trinajstić information content (AvgIpc) is 2.31. The largest absolute Gasteiger partial charge is 0.480 e. The zero-order chi connectivity index (χ0) is 13.5. The molecule has 0 heterocycles. The lowest BCUT2D eigenvalue weighted by Crippen LogP contribution is -2.41. The summed E-state index contributed by atoms with van der Waals surface area (Å²) in [4.78, 5) is 32.7. The van der Waals surface area contributed by atoms with E-state index in [9.17, 15) is 14.4 Å². The Kier molecular flexibility index (Phi) is 5.73. The van der Waals surface area contributed by atoms with Crippen molar-refractivity contribution in [2.45, 2.75) is 25.3 Å². The fourth-order valence-corrected chi connectivity index (χ4v) is 1.47. The Hall–Kier alpha value is -1.47. The van der Waals surface area contributed by atoms with Crippen molar-refractivity contribution in [2.24, 2.45) is 11.7 Å². The highest BCUT2D eigenvalue weighted by molar-refractivity contribution is 6.05. The van der Waals surface area contributed by atoms with Crippen LogP contribution in [0.1, 0.15) is 19.3 Å². The molecule has 0 spiro atoms. The van der Waals surface area contributed by atoms with Gasteiger partial charge in [-0.2, -0.15) is 0 Å². The lowest BCUT2D eigenvalue weighted by atomic mass is 9.83. The van der Waals surface area contributed by atoms with Crippen LogP contribution in [0.4, 0.5) is 0 Å². The molecule has 102 valence electrons. The third-order valence-corrected chi connectivity index (χ3v) is 2.76. The number of hydrogen-bond acceptors (Lipinski definition) is 5. The van der Waals surface area contributed by atoms with Gasteiger partial charge in [0, 0.05) is 19.6 Å². The molecule has 4 N–H and O–H groups in total. The van der Waals surface area contributed by atoms with Crippen LogP contribution < -0.4 is 11.1 Å². The standard InChI is InChI=1S/C11H18N2O5/c12-8(11(16)17)6-18-5-1-4-13-10(15)7-2-3-9(7)14/h7-8H,1-6,12H2,(H,13,15)(H,16,17). The van der Waals surface area contributed by atoms with Crippen molar-refractivity contribution in [2.75, 3.05) is 19.8 Å². The minimum absolute atomic E-state index is 0.00354. The second-order valence-electron chi connectivity index (χ2n) is 4.22. The van der Waals surface area contributed by atoms with E-state index >= 15 is 0 Å². The van der Waals surface area contributed by atoms with Crippen LogP contribution in [0.25, 0.3) is 0 Å². The number of carboxylic acids is 1. The second-order valence-corrected chi connectivity index (χ2v) is 4.22. The highest BCUT2D eigenvalue weighted by Crippen LogP contribution is 2.21. The molecular formula is C11H18N2O5. The summed E-state index contributed by atoms with van der Waals surface area (Å²) in [5, 5.41) is 11.1. The molecule has 0 aliphatic heterocycles. The van der Waals surface area contributed by atoms with Gasteiger partial charge in [-0.1, -0.05) is 0 Å². The zero-order valence-electron chi connectivity index (χ0n) is 10.1. The summed E-state index contributed by atoms with van der Waals surface area (Å²) in [6.45, 7) is 0.676. The summed E-state index contributed by atoms with van der Waals surface area (Å²) in [7, 11) is 0. The number of hydrogen-bond donors (Lipinski definition) is 3. The van der Waals surface area contributed by atoms with E-state index in [1.165, 1.54) is 0 Å². The first kappa shape index (κ1) is 14.6. The van der Waals surface area contributed by atoms with Crippen molar-refractivity contribution in [3.8, 4) is 0 Å². The maximum Gasteiger partial charge on any atom is 0.322 e. The number of nitrogens with one attached hydrogen (secondary N) is 1. The molecule has 7 nitrogen and oxygen atoms in total. The van der Waals surface area contributed by atoms with E-state index in [0.717, 1.165) is 0 Å². The monoisotopic (exact) mass is 258 g/mol. The first-order valence-corrected chi connectivity index (χ1v) is 5.89. The second kappa shape index (κ2) is 7.07. The average molecular weight is 258 g/mol. The molecule has 0 bridgehead atoms. The fraction of sp³-hybridized carbons (Fsp3) is 0.727. The van der Waals surface area contributed by atoms with E-state index in [4.69, 9.17) is 15.6 Å². The summed E-state index contributed by atoms with van der Waals surface area (Å²) >= 11 is 0. The van der Waals surface area contributed by atoms with Gasteiger partial charge in [0.1, 0.15) is 11.8 Å². The van der Waals surface area contributed by atoms with Gasteiger partial charge in [0.15, 0.2) is 0 Å². The van der Waals surface area contributed by atoms with Crippen LogP contribution >= 0.6 is 0 Å². The molecule has 1 amide bonds. The number of carbonyl (C=O) groups excluding carboxylic acids is 2. The number of ketones is 1. The van der Waals surface area contributed by atoms with Crippen LogP contribution in [-0.2, 0) is 19.1 Å². The number of amides is 1. The lowest BCUT2D eigenvalue weighted by Gasteiger charge is -2.22. The van der Waals surface area contributed by atoms with Crippen LogP contribution in [-0.4, -0.2) is 48.6 Å². The Balaban J connectivity index is 1.97. The van der Waals surface area contributed by atoms with Gasteiger partial charge in [-0.05, 0) is 12.8 Å². The summed E-state index contributed by atoms with van der Waals surface area (Å²) in [5.41, 5.74) is 5.23. The Bertz CT molecular complexity index is 331. The third kappa shape index (κ3) is 4.42. The Morgan fingerprint density at radius 1 is 1.56 bits per heavy atom. The van der Waals surface area contributed by atoms with Gasteiger partial charge in [-0.3, -0.25) is 14.4 Å². The highest BCUT2D eigenvalue weighted by Gasteiger charge is 2.34. The fourth-order valence-electron chi connectivity index (χ4n) is 1.47. The van der Waals surface area contributed by atoms with Gasteiger partial charge >= 0.3 is 5.97 Å². The summed E-state index contributed by atoms with van der Waals surface area (Å²) in [5.74, 6) is -1.80. The van der Waals surface area contributed by atoms with E-state index in [-0.39, 0.29) is 18.3 Å². The molecule has 0 aromatic heterocycles. The Labute approximate surface area is 105 Å². The van der Waals surface area contributed by atoms with E-state index in [1.54, 1.807) is 0 Å². The predicted molar refractivity (Wildman–Crippen MR) is 61.8 cm³/mol. The minimum atomic E-state index is -1.10. The minimum Gasteiger partial charge on any atom is -0.480 e. The van der Waals surface area contributed by atoms with Crippen molar-refractivity contribution in [3.05, 3.63) is 0 Å². The Morgan fingerprint density at radius 2 is 2.28 bits per heavy atom. The molecule has 2 unspecified atom stereocenters. The van der Waals surface area contributed by atoms with E-state index in [2.05, 4.69) is 5.32 Å².